The van der Waals surface area contributed by atoms with Crippen molar-refractivity contribution in [2.75, 3.05) is 6.61 Å². The fraction of sp³-hybridized carbons (Fsp3) is 0.625. The largest absolute Gasteiger partial charge is 0.494 e. The summed E-state index contributed by atoms with van der Waals surface area (Å²) in [5, 5.41) is 0. The quantitative estimate of drug-likeness (QED) is 0.697. The van der Waals surface area contributed by atoms with Gasteiger partial charge in [0.15, 0.2) is 0 Å². The van der Waals surface area contributed by atoms with E-state index in [1.807, 2.05) is 12.1 Å². The van der Waals surface area contributed by atoms with Gasteiger partial charge in [0, 0.05) is 6.04 Å². The number of hydrogen-bond donors (Lipinski definition) is 1. The Labute approximate surface area is 112 Å². The van der Waals surface area contributed by atoms with Gasteiger partial charge in [0.1, 0.15) is 5.75 Å². The molecule has 0 heterocycles. The molecule has 2 unspecified atom stereocenters. The summed E-state index contributed by atoms with van der Waals surface area (Å²) in [6.45, 7) is 7.43. The van der Waals surface area contributed by atoms with Gasteiger partial charge in [-0.15, -0.1) is 0 Å². The highest BCUT2D eigenvalue weighted by Crippen LogP contribution is 2.22. The highest BCUT2D eigenvalue weighted by atomic mass is 16.5. The van der Waals surface area contributed by atoms with Crippen molar-refractivity contribution in [3.05, 3.63) is 29.8 Å². The molecule has 2 N–H and O–H groups in total. The van der Waals surface area contributed by atoms with Gasteiger partial charge in [-0.1, -0.05) is 45.7 Å². The first-order valence-electron chi connectivity index (χ1n) is 7.15. The van der Waals surface area contributed by atoms with Crippen LogP contribution in [0.3, 0.4) is 0 Å². The molecule has 0 radical (unpaired) electrons. The zero-order valence-corrected chi connectivity index (χ0v) is 12.0. The zero-order chi connectivity index (χ0) is 13.4. The molecule has 0 fully saturated rings. The van der Waals surface area contributed by atoms with E-state index in [0.29, 0.717) is 5.92 Å². The Kier molecular flexibility index (Phi) is 6.81. The van der Waals surface area contributed by atoms with Crippen LogP contribution in [0.5, 0.6) is 5.75 Å². The molecule has 2 nitrogen and oxygen atoms in total. The number of nitrogens with two attached hydrogens (primary N) is 1. The molecular weight excluding hydrogens is 222 g/mol. The third-order valence-corrected chi connectivity index (χ3v) is 3.43. The van der Waals surface area contributed by atoms with Crippen molar-refractivity contribution in [2.45, 2.75) is 52.5 Å². The molecule has 2 atom stereocenters. The van der Waals surface area contributed by atoms with Crippen LogP contribution < -0.4 is 10.5 Å². The van der Waals surface area contributed by atoms with Gasteiger partial charge in [0.05, 0.1) is 6.61 Å². The van der Waals surface area contributed by atoms with Gasteiger partial charge in [0.2, 0.25) is 0 Å². The molecule has 1 aromatic carbocycles. The predicted octanol–water partition coefficient (Wildman–Crippen LogP) is 4.30. The van der Waals surface area contributed by atoms with Gasteiger partial charge in [-0.3, -0.25) is 0 Å². The lowest BCUT2D eigenvalue weighted by atomic mass is 9.95. The van der Waals surface area contributed by atoms with Gasteiger partial charge >= 0.3 is 0 Å². The van der Waals surface area contributed by atoms with Gasteiger partial charge in [-0.2, -0.15) is 0 Å². The first-order chi connectivity index (χ1) is 8.67. The van der Waals surface area contributed by atoms with Crippen molar-refractivity contribution in [1.29, 1.82) is 0 Å². The van der Waals surface area contributed by atoms with E-state index in [4.69, 9.17) is 10.5 Å². The van der Waals surface area contributed by atoms with E-state index in [2.05, 4.69) is 32.9 Å². The molecular formula is C16H27NO. The molecule has 0 aliphatic rings. The molecule has 0 aromatic heterocycles. The number of unbranched alkanes of at least 4 members (excludes halogenated alkanes) is 1. The van der Waals surface area contributed by atoms with E-state index in [9.17, 15) is 0 Å². The minimum Gasteiger partial charge on any atom is -0.494 e. The third-order valence-electron chi connectivity index (χ3n) is 3.43. The monoisotopic (exact) mass is 249 g/mol. The van der Waals surface area contributed by atoms with Crippen LogP contribution in [0.2, 0.25) is 0 Å². The van der Waals surface area contributed by atoms with Gasteiger partial charge in [-0.25, -0.2) is 0 Å². The van der Waals surface area contributed by atoms with Crippen LogP contribution in [0.25, 0.3) is 0 Å². The average molecular weight is 249 g/mol. The fourth-order valence-electron chi connectivity index (χ4n) is 1.88. The summed E-state index contributed by atoms with van der Waals surface area (Å²) in [6.07, 6.45) is 4.51. The van der Waals surface area contributed by atoms with Gasteiger partial charge in [-0.05, 0) is 36.5 Å². The molecule has 0 aliphatic heterocycles. The summed E-state index contributed by atoms with van der Waals surface area (Å²) < 4.78 is 5.64. The van der Waals surface area contributed by atoms with Crippen LogP contribution in [-0.4, -0.2) is 6.61 Å². The van der Waals surface area contributed by atoms with Crippen molar-refractivity contribution in [3.8, 4) is 5.75 Å². The maximum atomic E-state index is 6.20. The topological polar surface area (TPSA) is 35.2 Å². The summed E-state index contributed by atoms with van der Waals surface area (Å²) in [7, 11) is 0. The second-order valence-corrected chi connectivity index (χ2v) is 5.13. The molecule has 0 aliphatic carbocycles. The van der Waals surface area contributed by atoms with E-state index in [1.165, 1.54) is 12.0 Å². The van der Waals surface area contributed by atoms with E-state index >= 15 is 0 Å². The molecule has 1 rings (SSSR count). The molecule has 102 valence electrons. The average Bonchev–Trinajstić information content (AvgIpc) is 2.39. The number of hydrogen-bond acceptors (Lipinski definition) is 2. The predicted molar refractivity (Wildman–Crippen MR) is 77.8 cm³/mol. The van der Waals surface area contributed by atoms with Crippen molar-refractivity contribution < 1.29 is 4.74 Å². The minimum absolute atomic E-state index is 0.143. The highest BCUT2D eigenvalue weighted by molar-refractivity contribution is 5.29. The lowest BCUT2D eigenvalue weighted by Gasteiger charge is -2.16. The Morgan fingerprint density at radius 2 is 1.83 bits per heavy atom. The summed E-state index contributed by atoms with van der Waals surface area (Å²) in [5.41, 5.74) is 7.41. The van der Waals surface area contributed by atoms with Crippen LogP contribution in [-0.2, 0) is 0 Å². The summed E-state index contributed by atoms with van der Waals surface area (Å²) in [6, 6.07) is 8.38. The van der Waals surface area contributed by atoms with Crippen LogP contribution in [0.1, 0.15) is 58.1 Å². The molecule has 0 amide bonds. The minimum atomic E-state index is 0.143. The first kappa shape index (κ1) is 15.0. The Morgan fingerprint density at radius 1 is 1.17 bits per heavy atom. The Hall–Kier alpha value is -1.02. The standard InChI is InChI=1S/C16H27NO/c1-4-6-11-18-15-9-7-14(8-10-15)16(17)12-13(3)5-2/h7-10,13,16H,4-6,11-12,17H2,1-3H3. The van der Waals surface area contributed by atoms with Crippen LogP contribution in [0.4, 0.5) is 0 Å². The zero-order valence-electron chi connectivity index (χ0n) is 12.0. The normalized spacial score (nSPS) is 14.2. The van der Waals surface area contributed by atoms with E-state index in [0.717, 1.165) is 31.6 Å². The van der Waals surface area contributed by atoms with Crippen molar-refractivity contribution in [2.24, 2.45) is 11.7 Å². The maximum Gasteiger partial charge on any atom is 0.119 e. The maximum absolute atomic E-state index is 6.20. The fourth-order valence-corrected chi connectivity index (χ4v) is 1.88. The van der Waals surface area contributed by atoms with Crippen LogP contribution >= 0.6 is 0 Å². The molecule has 0 bridgehead atoms. The Balaban J connectivity index is 2.48. The molecule has 2 heteroatoms. The van der Waals surface area contributed by atoms with Crippen LogP contribution in [0, 0.1) is 5.92 Å². The molecule has 0 saturated carbocycles. The van der Waals surface area contributed by atoms with Gasteiger partial charge < -0.3 is 10.5 Å². The van der Waals surface area contributed by atoms with Crippen molar-refractivity contribution in [1.82, 2.24) is 0 Å². The molecule has 0 spiro atoms. The van der Waals surface area contributed by atoms with Crippen molar-refractivity contribution >= 4 is 0 Å². The smallest absolute Gasteiger partial charge is 0.119 e. The van der Waals surface area contributed by atoms with Crippen LogP contribution in [0.15, 0.2) is 24.3 Å². The third kappa shape index (κ3) is 5.09. The van der Waals surface area contributed by atoms with Crippen molar-refractivity contribution in [3.63, 3.8) is 0 Å². The molecule has 1 aromatic rings. The van der Waals surface area contributed by atoms with E-state index < -0.39 is 0 Å². The summed E-state index contributed by atoms with van der Waals surface area (Å²) in [5.74, 6) is 1.63. The lowest BCUT2D eigenvalue weighted by molar-refractivity contribution is 0.309. The lowest BCUT2D eigenvalue weighted by Crippen LogP contribution is -2.13. The van der Waals surface area contributed by atoms with E-state index in [1.54, 1.807) is 0 Å². The number of benzene rings is 1. The second kappa shape index (κ2) is 8.15. The number of rotatable bonds is 8. The van der Waals surface area contributed by atoms with Gasteiger partial charge in [0.25, 0.3) is 0 Å². The highest BCUT2D eigenvalue weighted by Gasteiger charge is 2.09. The molecule has 0 saturated heterocycles. The summed E-state index contributed by atoms with van der Waals surface area (Å²) in [4.78, 5) is 0. The second-order valence-electron chi connectivity index (χ2n) is 5.13. The first-order valence-corrected chi connectivity index (χ1v) is 7.15. The molecule has 18 heavy (non-hydrogen) atoms. The summed E-state index contributed by atoms with van der Waals surface area (Å²) >= 11 is 0. The Bertz CT molecular complexity index is 320. The Morgan fingerprint density at radius 3 is 2.39 bits per heavy atom. The SMILES string of the molecule is CCCCOc1ccc(C(N)CC(C)CC)cc1. The van der Waals surface area contributed by atoms with E-state index in [-0.39, 0.29) is 6.04 Å². The number of ether oxygens (including phenoxy) is 1.